The third-order valence-corrected chi connectivity index (χ3v) is 4.83. The molecular formula is C15H30N2. The summed E-state index contributed by atoms with van der Waals surface area (Å²) in [7, 11) is 0. The van der Waals surface area contributed by atoms with Crippen LogP contribution in [0.5, 0.6) is 0 Å². The van der Waals surface area contributed by atoms with Gasteiger partial charge in [0.05, 0.1) is 0 Å². The van der Waals surface area contributed by atoms with Crippen molar-refractivity contribution in [2.45, 2.75) is 64.8 Å². The van der Waals surface area contributed by atoms with Crippen molar-refractivity contribution in [3.8, 4) is 0 Å². The number of hydrogen-bond donors (Lipinski definition) is 1. The summed E-state index contributed by atoms with van der Waals surface area (Å²) in [6.45, 7) is 8.18. The highest BCUT2D eigenvalue weighted by Crippen LogP contribution is 2.43. The average molecular weight is 238 g/mol. The zero-order chi connectivity index (χ0) is 12.3. The standard InChI is InChI=1S/C15H30N2/c1-13(2)6-10-17(14-4-5-14)11-9-15(12-16)7-3-8-15/h13-14H,3-12,16H2,1-2H3. The Kier molecular flexibility index (Phi) is 4.48. The van der Waals surface area contributed by atoms with Gasteiger partial charge in [0.1, 0.15) is 0 Å². The molecule has 0 aromatic carbocycles. The normalized spacial score (nSPS) is 23.1. The molecule has 2 heteroatoms. The van der Waals surface area contributed by atoms with Crippen molar-refractivity contribution in [2.24, 2.45) is 17.1 Å². The largest absolute Gasteiger partial charge is 0.330 e. The monoisotopic (exact) mass is 238 g/mol. The van der Waals surface area contributed by atoms with E-state index in [-0.39, 0.29) is 0 Å². The Balaban J connectivity index is 1.73. The molecule has 2 fully saturated rings. The Morgan fingerprint density at radius 1 is 1.24 bits per heavy atom. The van der Waals surface area contributed by atoms with E-state index in [0.29, 0.717) is 5.41 Å². The van der Waals surface area contributed by atoms with Crippen molar-refractivity contribution in [2.75, 3.05) is 19.6 Å². The van der Waals surface area contributed by atoms with Crippen LogP contribution in [-0.4, -0.2) is 30.6 Å². The van der Waals surface area contributed by atoms with E-state index in [2.05, 4.69) is 18.7 Å². The number of nitrogens with two attached hydrogens (primary N) is 1. The fourth-order valence-corrected chi connectivity index (χ4v) is 2.95. The minimum atomic E-state index is 0.533. The van der Waals surface area contributed by atoms with Crippen LogP contribution in [0.15, 0.2) is 0 Å². The van der Waals surface area contributed by atoms with E-state index in [9.17, 15) is 0 Å². The molecule has 0 heterocycles. The number of rotatable bonds is 8. The van der Waals surface area contributed by atoms with E-state index in [4.69, 9.17) is 5.73 Å². The van der Waals surface area contributed by atoms with Gasteiger partial charge in [0.15, 0.2) is 0 Å². The Hall–Kier alpha value is -0.0800. The van der Waals surface area contributed by atoms with E-state index >= 15 is 0 Å². The molecular weight excluding hydrogens is 208 g/mol. The van der Waals surface area contributed by atoms with Crippen LogP contribution >= 0.6 is 0 Å². The van der Waals surface area contributed by atoms with Gasteiger partial charge < -0.3 is 10.6 Å². The lowest BCUT2D eigenvalue weighted by Crippen LogP contribution is -2.41. The summed E-state index contributed by atoms with van der Waals surface area (Å²) in [5, 5.41) is 0. The van der Waals surface area contributed by atoms with Crippen LogP contribution in [0.25, 0.3) is 0 Å². The van der Waals surface area contributed by atoms with Gasteiger partial charge in [-0.25, -0.2) is 0 Å². The summed E-state index contributed by atoms with van der Waals surface area (Å²) >= 11 is 0. The number of hydrogen-bond acceptors (Lipinski definition) is 2. The maximum absolute atomic E-state index is 5.95. The molecule has 0 spiro atoms. The zero-order valence-corrected chi connectivity index (χ0v) is 11.8. The van der Waals surface area contributed by atoms with Gasteiger partial charge in [0.2, 0.25) is 0 Å². The molecule has 0 atom stereocenters. The van der Waals surface area contributed by atoms with Gasteiger partial charge in [-0.1, -0.05) is 20.3 Å². The molecule has 100 valence electrons. The van der Waals surface area contributed by atoms with Gasteiger partial charge >= 0.3 is 0 Å². The molecule has 0 saturated heterocycles. The second-order valence-corrected chi connectivity index (χ2v) is 6.76. The average Bonchev–Trinajstić information content (AvgIpc) is 3.04. The molecule has 0 bridgehead atoms. The summed E-state index contributed by atoms with van der Waals surface area (Å²) in [5.41, 5.74) is 6.48. The molecule has 0 amide bonds. The first-order valence-corrected chi connectivity index (χ1v) is 7.59. The molecule has 2 aliphatic carbocycles. The lowest BCUT2D eigenvalue weighted by atomic mass is 9.66. The molecule has 0 aliphatic heterocycles. The Morgan fingerprint density at radius 2 is 1.94 bits per heavy atom. The molecule has 0 aromatic heterocycles. The first-order valence-electron chi connectivity index (χ1n) is 7.59. The predicted octanol–water partition coefficient (Wildman–Crippen LogP) is 3.02. The molecule has 2 rings (SSSR count). The maximum Gasteiger partial charge on any atom is 0.00964 e. The number of nitrogens with zero attached hydrogens (tertiary/aromatic N) is 1. The third kappa shape index (κ3) is 3.69. The van der Waals surface area contributed by atoms with Crippen LogP contribution in [0.3, 0.4) is 0 Å². The second kappa shape index (κ2) is 5.71. The maximum atomic E-state index is 5.95. The lowest BCUT2D eigenvalue weighted by Gasteiger charge is -2.42. The predicted molar refractivity (Wildman–Crippen MR) is 74.0 cm³/mol. The van der Waals surface area contributed by atoms with E-state index in [0.717, 1.165) is 18.5 Å². The lowest BCUT2D eigenvalue weighted by molar-refractivity contribution is 0.102. The molecule has 0 unspecified atom stereocenters. The van der Waals surface area contributed by atoms with Crippen LogP contribution in [0.1, 0.15) is 58.8 Å². The van der Waals surface area contributed by atoms with Crippen molar-refractivity contribution >= 4 is 0 Å². The molecule has 0 radical (unpaired) electrons. The minimum absolute atomic E-state index is 0.533. The van der Waals surface area contributed by atoms with Crippen LogP contribution in [-0.2, 0) is 0 Å². The van der Waals surface area contributed by atoms with Crippen LogP contribution in [0.4, 0.5) is 0 Å². The SMILES string of the molecule is CC(C)CCN(CCC1(CN)CCC1)C1CC1. The quantitative estimate of drug-likeness (QED) is 0.704. The van der Waals surface area contributed by atoms with Gasteiger partial charge in [0, 0.05) is 6.04 Å². The summed E-state index contributed by atoms with van der Waals surface area (Å²) in [4.78, 5) is 2.75. The summed E-state index contributed by atoms with van der Waals surface area (Å²) < 4.78 is 0. The fourth-order valence-electron chi connectivity index (χ4n) is 2.95. The van der Waals surface area contributed by atoms with Crippen LogP contribution < -0.4 is 5.73 Å². The zero-order valence-electron chi connectivity index (χ0n) is 11.8. The van der Waals surface area contributed by atoms with Crippen LogP contribution in [0.2, 0.25) is 0 Å². The van der Waals surface area contributed by atoms with Gasteiger partial charge in [-0.05, 0) is 69.5 Å². The van der Waals surface area contributed by atoms with Crippen molar-refractivity contribution in [3.05, 3.63) is 0 Å². The van der Waals surface area contributed by atoms with E-state index in [1.165, 1.54) is 58.0 Å². The Morgan fingerprint density at radius 3 is 2.35 bits per heavy atom. The van der Waals surface area contributed by atoms with Crippen LogP contribution in [0, 0.1) is 11.3 Å². The fraction of sp³-hybridized carbons (Fsp3) is 1.00. The molecule has 2 nitrogen and oxygen atoms in total. The smallest absolute Gasteiger partial charge is 0.00964 e. The topological polar surface area (TPSA) is 29.3 Å². The molecule has 2 aliphatic rings. The minimum Gasteiger partial charge on any atom is -0.330 e. The summed E-state index contributed by atoms with van der Waals surface area (Å²) in [6.07, 6.45) is 9.75. The van der Waals surface area contributed by atoms with Gasteiger partial charge in [-0.15, -0.1) is 0 Å². The molecule has 2 saturated carbocycles. The Labute approximate surface area is 107 Å². The van der Waals surface area contributed by atoms with Gasteiger partial charge in [-0.3, -0.25) is 0 Å². The second-order valence-electron chi connectivity index (χ2n) is 6.76. The first kappa shape index (κ1) is 13.4. The summed E-state index contributed by atoms with van der Waals surface area (Å²) in [6, 6.07) is 0.920. The van der Waals surface area contributed by atoms with E-state index in [1.54, 1.807) is 0 Å². The highest BCUT2D eigenvalue weighted by atomic mass is 15.2. The van der Waals surface area contributed by atoms with Crippen molar-refractivity contribution in [1.82, 2.24) is 4.90 Å². The highest BCUT2D eigenvalue weighted by Gasteiger charge is 2.37. The Bertz CT molecular complexity index is 224. The van der Waals surface area contributed by atoms with Gasteiger partial charge in [-0.2, -0.15) is 0 Å². The molecule has 0 aromatic rings. The van der Waals surface area contributed by atoms with E-state index < -0.39 is 0 Å². The van der Waals surface area contributed by atoms with Crippen molar-refractivity contribution in [1.29, 1.82) is 0 Å². The van der Waals surface area contributed by atoms with E-state index in [1.807, 2.05) is 0 Å². The van der Waals surface area contributed by atoms with Crippen molar-refractivity contribution in [3.63, 3.8) is 0 Å². The first-order chi connectivity index (χ1) is 8.15. The summed E-state index contributed by atoms with van der Waals surface area (Å²) in [5.74, 6) is 0.837. The molecule has 2 N–H and O–H groups in total. The van der Waals surface area contributed by atoms with Crippen molar-refractivity contribution < 1.29 is 0 Å². The van der Waals surface area contributed by atoms with Gasteiger partial charge in [0.25, 0.3) is 0 Å². The highest BCUT2D eigenvalue weighted by molar-refractivity contribution is 4.91. The molecule has 17 heavy (non-hydrogen) atoms. The third-order valence-electron chi connectivity index (χ3n) is 4.83.